The molecule has 6 nitrogen and oxygen atoms in total. The normalized spacial score (nSPS) is 11.9. The van der Waals surface area contributed by atoms with Crippen molar-refractivity contribution >= 4 is 16.9 Å². The van der Waals surface area contributed by atoms with Gasteiger partial charge in [0.25, 0.3) is 5.91 Å². The number of rotatable bonds is 6. The van der Waals surface area contributed by atoms with E-state index in [-0.39, 0.29) is 5.91 Å². The van der Waals surface area contributed by atoms with Crippen LogP contribution in [0.25, 0.3) is 11.0 Å². The molecule has 0 aliphatic heterocycles. The Balaban J connectivity index is 1.69. The predicted molar refractivity (Wildman–Crippen MR) is 98.0 cm³/mol. The zero-order valence-corrected chi connectivity index (χ0v) is 14.7. The van der Waals surface area contributed by atoms with Crippen molar-refractivity contribution in [1.29, 1.82) is 0 Å². The molecule has 0 bridgehead atoms. The maximum absolute atomic E-state index is 12.2. The van der Waals surface area contributed by atoms with Gasteiger partial charge in [0.05, 0.1) is 0 Å². The Bertz CT molecular complexity index is 966. The molecule has 3 rings (SSSR count). The zero-order valence-electron chi connectivity index (χ0n) is 14.7. The molecule has 0 spiro atoms. The molecule has 0 aliphatic rings. The Morgan fingerprint density at radius 1 is 1.31 bits per heavy atom. The molecule has 0 radical (unpaired) electrons. The molecular weight excluding hydrogens is 332 g/mol. The number of aryl methyl sites for hydroxylation is 1. The molecule has 3 aromatic rings. The summed E-state index contributed by atoms with van der Waals surface area (Å²) in [6.45, 7) is 4.03. The fourth-order valence-electron chi connectivity index (χ4n) is 2.67. The number of benzene rings is 1. The molecule has 1 atom stereocenters. The molecule has 0 unspecified atom stereocenters. The molecular formula is C20H20N2O4. The number of hydrogen-bond donors (Lipinski definition) is 1. The van der Waals surface area contributed by atoms with Crippen molar-refractivity contribution in [1.82, 2.24) is 10.3 Å². The largest absolute Gasteiger partial charge is 0.481 e. The molecule has 0 fully saturated rings. The summed E-state index contributed by atoms with van der Waals surface area (Å²) >= 11 is 0. The van der Waals surface area contributed by atoms with Gasteiger partial charge >= 0.3 is 5.63 Å². The van der Waals surface area contributed by atoms with Crippen LogP contribution in [0.3, 0.4) is 0 Å². The lowest BCUT2D eigenvalue weighted by Gasteiger charge is -2.15. The summed E-state index contributed by atoms with van der Waals surface area (Å²) < 4.78 is 10.9. The van der Waals surface area contributed by atoms with Crippen LogP contribution in [0.2, 0.25) is 0 Å². The number of nitrogens with one attached hydrogen (secondary N) is 1. The predicted octanol–water partition coefficient (Wildman–Crippen LogP) is 2.83. The van der Waals surface area contributed by atoms with Crippen molar-refractivity contribution in [2.45, 2.75) is 32.9 Å². The van der Waals surface area contributed by atoms with E-state index in [1.54, 1.807) is 31.5 Å². The number of hydrogen-bond acceptors (Lipinski definition) is 5. The summed E-state index contributed by atoms with van der Waals surface area (Å²) in [5.74, 6) is 0.232. The van der Waals surface area contributed by atoms with Crippen molar-refractivity contribution < 1.29 is 13.9 Å². The Kier molecular flexibility index (Phi) is 5.31. The molecule has 1 amide bonds. The van der Waals surface area contributed by atoms with E-state index < -0.39 is 11.7 Å². The van der Waals surface area contributed by atoms with Gasteiger partial charge in [-0.1, -0.05) is 13.0 Å². The molecule has 0 saturated carbocycles. The van der Waals surface area contributed by atoms with Crippen molar-refractivity contribution in [3.05, 3.63) is 70.3 Å². The fourth-order valence-corrected chi connectivity index (χ4v) is 2.67. The van der Waals surface area contributed by atoms with Crippen LogP contribution in [0.15, 0.2) is 58.0 Å². The fraction of sp³-hybridized carbons (Fsp3) is 0.250. The molecule has 1 N–H and O–H groups in total. The van der Waals surface area contributed by atoms with E-state index in [9.17, 15) is 9.59 Å². The van der Waals surface area contributed by atoms with Gasteiger partial charge in [-0.25, -0.2) is 4.79 Å². The first-order chi connectivity index (χ1) is 12.6. The highest BCUT2D eigenvalue weighted by Crippen LogP contribution is 2.23. The molecule has 1 aromatic carbocycles. The number of carbonyl (C=O) groups excluding carboxylic acids is 1. The van der Waals surface area contributed by atoms with E-state index in [4.69, 9.17) is 9.15 Å². The van der Waals surface area contributed by atoms with Crippen LogP contribution in [0.5, 0.6) is 5.75 Å². The van der Waals surface area contributed by atoms with Gasteiger partial charge in [-0.15, -0.1) is 0 Å². The second kappa shape index (κ2) is 7.82. The van der Waals surface area contributed by atoms with Crippen molar-refractivity contribution in [2.75, 3.05) is 0 Å². The lowest BCUT2D eigenvalue weighted by molar-refractivity contribution is -0.127. The zero-order chi connectivity index (χ0) is 18.5. The maximum Gasteiger partial charge on any atom is 0.336 e. The van der Waals surface area contributed by atoms with Crippen LogP contribution in [-0.4, -0.2) is 17.0 Å². The SMILES string of the molecule is CCc1cc(=O)oc2cc(O[C@@H](C)C(=O)NCc3cccnc3)ccc12. The third-order valence-electron chi connectivity index (χ3n) is 4.05. The van der Waals surface area contributed by atoms with Crippen LogP contribution in [0.4, 0.5) is 0 Å². The van der Waals surface area contributed by atoms with Gasteiger partial charge in [0.15, 0.2) is 6.10 Å². The molecule has 0 saturated heterocycles. The summed E-state index contributed by atoms with van der Waals surface area (Å²) in [6.07, 6.45) is 3.42. The van der Waals surface area contributed by atoms with Crippen molar-refractivity contribution in [3.8, 4) is 5.75 Å². The number of pyridine rings is 1. The summed E-state index contributed by atoms with van der Waals surface area (Å²) in [7, 11) is 0. The van der Waals surface area contributed by atoms with Crippen LogP contribution >= 0.6 is 0 Å². The average Bonchev–Trinajstić information content (AvgIpc) is 2.65. The van der Waals surface area contributed by atoms with E-state index in [2.05, 4.69) is 10.3 Å². The third kappa shape index (κ3) is 4.08. The molecule has 6 heteroatoms. The van der Waals surface area contributed by atoms with E-state index in [0.29, 0.717) is 17.9 Å². The molecule has 134 valence electrons. The first-order valence-corrected chi connectivity index (χ1v) is 8.47. The monoisotopic (exact) mass is 352 g/mol. The highest BCUT2D eigenvalue weighted by atomic mass is 16.5. The first-order valence-electron chi connectivity index (χ1n) is 8.47. The Morgan fingerprint density at radius 2 is 2.15 bits per heavy atom. The van der Waals surface area contributed by atoms with E-state index >= 15 is 0 Å². The van der Waals surface area contributed by atoms with Crippen LogP contribution in [0.1, 0.15) is 25.0 Å². The topological polar surface area (TPSA) is 81.4 Å². The van der Waals surface area contributed by atoms with Gasteiger partial charge in [0, 0.05) is 36.5 Å². The van der Waals surface area contributed by atoms with Gasteiger partial charge in [0.1, 0.15) is 11.3 Å². The summed E-state index contributed by atoms with van der Waals surface area (Å²) in [6, 6.07) is 10.4. The van der Waals surface area contributed by atoms with Crippen LogP contribution < -0.4 is 15.7 Å². The quantitative estimate of drug-likeness (QED) is 0.690. The summed E-state index contributed by atoms with van der Waals surface area (Å²) in [5.41, 5.74) is 1.89. The maximum atomic E-state index is 12.2. The van der Waals surface area contributed by atoms with Crippen LogP contribution in [-0.2, 0) is 17.8 Å². The summed E-state index contributed by atoms with van der Waals surface area (Å²) in [4.78, 5) is 27.9. The minimum Gasteiger partial charge on any atom is -0.481 e. The molecule has 2 aromatic heterocycles. The van der Waals surface area contributed by atoms with Gasteiger partial charge in [0.2, 0.25) is 0 Å². The van der Waals surface area contributed by atoms with Gasteiger partial charge < -0.3 is 14.5 Å². The third-order valence-corrected chi connectivity index (χ3v) is 4.05. The number of ether oxygens (including phenoxy) is 1. The van der Waals surface area contributed by atoms with Gasteiger partial charge in [-0.2, -0.15) is 0 Å². The van der Waals surface area contributed by atoms with E-state index in [0.717, 1.165) is 22.9 Å². The number of fused-ring (bicyclic) bond motifs is 1. The average molecular weight is 352 g/mol. The Morgan fingerprint density at radius 3 is 2.88 bits per heavy atom. The number of carbonyl (C=O) groups is 1. The van der Waals surface area contributed by atoms with Gasteiger partial charge in [-0.05, 0) is 42.7 Å². The standard InChI is InChI=1S/C20H20N2O4/c1-3-15-9-19(23)26-18-10-16(6-7-17(15)18)25-13(2)20(24)22-12-14-5-4-8-21-11-14/h4-11,13H,3,12H2,1-2H3,(H,22,24)/t13-/m0/s1. The highest BCUT2D eigenvalue weighted by molar-refractivity contribution is 5.83. The molecule has 0 aliphatic carbocycles. The smallest absolute Gasteiger partial charge is 0.336 e. The number of amides is 1. The minimum absolute atomic E-state index is 0.238. The van der Waals surface area contributed by atoms with E-state index in [1.165, 1.54) is 6.07 Å². The molecule has 26 heavy (non-hydrogen) atoms. The van der Waals surface area contributed by atoms with Gasteiger partial charge in [-0.3, -0.25) is 9.78 Å². The second-order valence-corrected chi connectivity index (χ2v) is 5.94. The highest BCUT2D eigenvalue weighted by Gasteiger charge is 2.15. The Labute approximate surface area is 150 Å². The summed E-state index contributed by atoms with van der Waals surface area (Å²) in [5, 5.41) is 3.67. The number of aromatic nitrogens is 1. The Hall–Kier alpha value is -3.15. The van der Waals surface area contributed by atoms with Crippen LogP contribution in [0, 0.1) is 0 Å². The number of nitrogens with zero attached hydrogens (tertiary/aromatic N) is 1. The molecule has 2 heterocycles. The first kappa shape index (κ1) is 17.7. The van der Waals surface area contributed by atoms with Crippen molar-refractivity contribution in [3.63, 3.8) is 0 Å². The second-order valence-electron chi connectivity index (χ2n) is 5.94. The van der Waals surface area contributed by atoms with Crippen molar-refractivity contribution in [2.24, 2.45) is 0 Å². The van der Waals surface area contributed by atoms with E-state index in [1.807, 2.05) is 25.1 Å². The minimum atomic E-state index is -0.690. The lowest BCUT2D eigenvalue weighted by atomic mass is 10.1. The lowest BCUT2D eigenvalue weighted by Crippen LogP contribution is -2.35.